The van der Waals surface area contributed by atoms with Gasteiger partial charge in [0.15, 0.2) is 0 Å². The average molecular weight is 285 g/mol. The highest BCUT2D eigenvalue weighted by Crippen LogP contribution is 2.24. The second kappa shape index (κ2) is 5.47. The zero-order valence-corrected chi connectivity index (χ0v) is 12.2. The molecule has 0 saturated carbocycles. The number of amides is 2. The number of carbonyl (C=O) groups is 1. The smallest absolute Gasteiger partial charge is 0.321 e. The molecule has 0 radical (unpaired) electrons. The summed E-state index contributed by atoms with van der Waals surface area (Å²) in [7, 11) is 1.91. The molecule has 2 aromatic rings. The summed E-state index contributed by atoms with van der Waals surface area (Å²) in [6.45, 7) is 3.50. The van der Waals surface area contributed by atoms with E-state index in [1.807, 2.05) is 43.7 Å². The number of carbonyl (C=O) groups excluding carboxylic acids is 1. The van der Waals surface area contributed by atoms with E-state index in [9.17, 15) is 4.79 Å². The summed E-state index contributed by atoms with van der Waals surface area (Å²) in [4.78, 5) is 13.5. The lowest BCUT2D eigenvalue weighted by atomic mass is 10.1. The van der Waals surface area contributed by atoms with E-state index in [0.717, 1.165) is 16.9 Å². The second-order valence-corrected chi connectivity index (χ2v) is 5.25. The van der Waals surface area contributed by atoms with Gasteiger partial charge in [-0.25, -0.2) is 4.79 Å². The summed E-state index contributed by atoms with van der Waals surface area (Å²) in [6.07, 6.45) is 3.85. The summed E-state index contributed by atoms with van der Waals surface area (Å²) in [5.41, 5.74) is 3.03. The SMILES string of the molecule is CC(Nc1cccc(N2CCNC2=O)c1)c1cnn(C)c1. The van der Waals surface area contributed by atoms with Crippen LogP contribution in [0.5, 0.6) is 0 Å². The number of rotatable bonds is 4. The van der Waals surface area contributed by atoms with Gasteiger partial charge in [-0.3, -0.25) is 9.58 Å². The van der Waals surface area contributed by atoms with Crippen LogP contribution in [0.25, 0.3) is 0 Å². The Morgan fingerprint density at radius 2 is 2.29 bits per heavy atom. The Morgan fingerprint density at radius 3 is 2.95 bits per heavy atom. The molecular weight excluding hydrogens is 266 g/mol. The molecule has 6 heteroatoms. The highest BCUT2D eigenvalue weighted by Gasteiger charge is 2.21. The molecule has 1 unspecified atom stereocenters. The largest absolute Gasteiger partial charge is 0.378 e. The van der Waals surface area contributed by atoms with Crippen molar-refractivity contribution in [2.75, 3.05) is 23.3 Å². The molecular formula is C15H19N5O. The topological polar surface area (TPSA) is 62.2 Å². The van der Waals surface area contributed by atoms with Crippen molar-refractivity contribution in [1.29, 1.82) is 0 Å². The lowest BCUT2D eigenvalue weighted by molar-refractivity contribution is 0.252. The molecule has 0 bridgehead atoms. The molecule has 2 heterocycles. The summed E-state index contributed by atoms with van der Waals surface area (Å²) in [5, 5.41) is 10.4. The number of benzene rings is 1. The van der Waals surface area contributed by atoms with Crippen molar-refractivity contribution < 1.29 is 4.79 Å². The fourth-order valence-corrected chi connectivity index (χ4v) is 2.48. The summed E-state index contributed by atoms with van der Waals surface area (Å²) >= 11 is 0. The molecule has 1 aliphatic heterocycles. The first-order valence-corrected chi connectivity index (χ1v) is 7.04. The van der Waals surface area contributed by atoms with Crippen LogP contribution < -0.4 is 15.5 Å². The zero-order chi connectivity index (χ0) is 14.8. The maximum Gasteiger partial charge on any atom is 0.321 e. The summed E-state index contributed by atoms with van der Waals surface area (Å²) in [6, 6.07) is 8.03. The van der Waals surface area contributed by atoms with Crippen molar-refractivity contribution in [1.82, 2.24) is 15.1 Å². The summed E-state index contributed by atoms with van der Waals surface area (Å²) < 4.78 is 1.79. The number of urea groups is 1. The second-order valence-electron chi connectivity index (χ2n) is 5.25. The van der Waals surface area contributed by atoms with Gasteiger partial charge in [-0.15, -0.1) is 0 Å². The number of hydrogen-bond acceptors (Lipinski definition) is 3. The van der Waals surface area contributed by atoms with E-state index in [-0.39, 0.29) is 12.1 Å². The number of nitrogens with zero attached hydrogens (tertiary/aromatic N) is 3. The highest BCUT2D eigenvalue weighted by molar-refractivity contribution is 5.94. The molecule has 110 valence electrons. The van der Waals surface area contributed by atoms with Gasteiger partial charge in [0, 0.05) is 43.3 Å². The quantitative estimate of drug-likeness (QED) is 0.904. The minimum atomic E-state index is -0.0348. The molecule has 1 saturated heterocycles. The van der Waals surface area contributed by atoms with Crippen molar-refractivity contribution in [3.8, 4) is 0 Å². The average Bonchev–Trinajstić information content (AvgIpc) is 3.08. The Labute approximate surface area is 123 Å². The molecule has 2 amide bonds. The van der Waals surface area contributed by atoms with Crippen molar-refractivity contribution >= 4 is 17.4 Å². The van der Waals surface area contributed by atoms with Gasteiger partial charge in [0.05, 0.1) is 12.2 Å². The third kappa shape index (κ3) is 2.84. The molecule has 3 rings (SSSR count). The van der Waals surface area contributed by atoms with E-state index in [0.29, 0.717) is 13.1 Å². The third-order valence-electron chi connectivity index (χ3n) is 3.62. The van der Waals surface area contributed by atoms with Crippen LogP contribution in [0.3, 0.4) is 0 Å². The molecule has 21 heavy (non-hydrogen) atoms. The Kier molecular flexibility index (Phi) is 3.51. The van der Waals surface area contributed by atoms with E-state index < -0.39 is 0 Å². The molecule has 1 aromatic carbocycles. The summed E-state index contributed by atoms with van der Waals surface area (Å²) in [5.74, 6) is 0. The van der Waals surface area contributed by atoms with Gasteiger partial charge in [0.1, 0.15) is 0 Å². The first-order valence-electron chi connectivity index (χ1n) is 7.04. The van der Waals surface area contributed by atoms with Crippen LogP contribution in [0.1, 0.15) is 18.5 Å². The van der Waals surface area contributed by atoms with Crippen LogP contribution in [0, 0.1) is 0 Å². The first-order chi connectivity index (χ1) is 10.1. The first kappa shape index (κ1) is 13.5. The van der Waals surface area contributed by atoms with Gasteiger partial charge in [-0.05, 0) is 25.1 Å². The highest BCUT2D eigenvalue weighted by atomic mass is 16.2. The predicted molar refractivity (Wildman–Crippen MR) is 82.4 cm³/mol. The van der Waals surface area contributed by atoms with E-state index in [1.54, 1.807) is 9.58 Å². The standard InChI is InChI=1S/C15H19N5O/c1-11(12-9-17-19(2)10-12)18-13-4-3-5-14(8-13)20-7-6-16-15(20)21/h3-5,8-11,18H,6-7H2,1-2H3,(H,16,21). The normalized spacial score (nSPS) is 15.9. The molecule has 1 aromatic heterocycles. The van der Waals surface area contributed by atoms with Crippen molar-refractivity contribution in [3.63, 3.8) is 0 Å². The Bertz CT molecular complexity index is 651. The van der Waals surface area contributed by atoms with Crippen LogP contribution in [0.2, 0.25) is 0 Å². The lowest BCUT2D eigenvalue weighted by Gasteiger charge is -2.18. The molecule has 2 N–H and O–H groups in total. The van der Waals surface area contributed by atoms with Crippen LogP contribution in [0.15, 0.2) is 36.7 Å². The molecule has 6 nitrogen and oxygen atoms in total. The van der Waals surface area contributed by atoms with Crippen LogP contribution >= 0.6 is 0 Å². The van der Waals surface area contributed by atoms with Gasteiger partial charge >= 0.3 is 6.03 Å². The van der Waals surface area contributed by atoms with E-state index in [1.165, 1.54) is 0 Å². The van der Waals surface area contributed by atoms with Crippen molar-refractivity contribution in [3.05, 3.63) is 42.2 Å². The van der Waals surface area contributed by atoms with Gasteiger partial charge in [-0.2, -0.15) is 5.10 Å². The molecule has 0 aliphatic carbocycles. The van der Waals surface area contributed by atoms with E-state index in [4.69, 9.17) is 0 Å². The number of hydrogen-bond donors (Lipinski definition) is 2. The monoisotopic (exact) mass is 285 g/mol. The molecule has 0 spiro atoms. The van der Waals surface area contributed by atoms with Crippen LogP contribution in [0.4, 0.5) is 16.2 Å². The van der Waals surface area contributed by atoms with Gasteiger partial charge in [0.25, 0.3) is 0 Å². The maximum absolute atomic E-state index is 11.7. The van der Waals surface area contributed by atoms with Gasteiger partial charge in [-0.1, -0.05) is 6.07 Å². The number of aryl methyl sites for hydroxylation is 1. The minimum Gasteiger partial charge on any atom is -0.378 e. The third-order valence-corrected chi connectivity index (χ3v) is 3.62. The zero-order valence-electron chi connectivity index (χ0n) is 12.2. The molecule has 1 aliphatic rings. The minimum absolute atomic E-state index is 0.0348. The Morgan fingerprint density at radius 1 is 1.43 bits per heavy atom. The predicted octanol–water partition coefficient (Wildman–Crippen LogP) is 2.12. The molecule has 1 fully saturated rings. The number of nitrogens with one attached hydrogen (secondary N) is 2. The van der Waals surface area contributed by atoms with Crippen LogP contribution in [-0.4, -0.2) is 28.9 Å². The van der Waals surface area contributed by atoms with E-state index >= 15 is 0 Å². The number of aromatic nitrogens is 2. The van der Waals surface area contributed by atoms with Crippen molar-refractivity contribution in [2.24, 2.45) is 7.05 Å². The number of anilines is 2. The molecule has 1 atom stereocenters. The Balaban J connectivity index is 1.75. The van der Waals surface area contributed by atoms with Gasteiger partial charge in [0.2, 0.25) is 0 Å². The maximum atomic E-state index is 11.7. The van der Waals surface area contributed by atoms with Gasteiger partial charge < -0.3 is 10.6 Å². The Hall–Kier alpha value is -2.50. The van der Waals surface area contributed by atoms with Crippen LogP contribution in [-0.2, 0) is 7.05 Å². The van der Waals surface area contributed by atoms with E-state index in [2.05, 4.69) is 22.7 Å². The lowest BCUT2D eigenvalue weighted by Crippen LogP contribution is -2.27. The van der Waals surface area contributed by atoms with Crippen molar-refractivity contribution in [2.45, 2.75) is 13.0 Å². The fraction of sp³-hybridized carbons (Fsp3) is 0.333. The fourth-order valence-electron chi connectivity index (χ4n) is 2.48.